The molecule has 0 saturated heterocycles. The first-order valence-electron chi connectivity index (χ1n) is 9.90. The standard InChI is InChI=1S/C24H16ClN5O3/c25-18-12-16(9-10-20(18)31)22-21(14-5-2-1-3-6-14)28-23(26)24-27-19(13-29(22)24)15-7-4-8-17(11-15)30(32)33/h1-13,31H,(H2,26,28). The average Bonchev–Trinajstić information content (AvgIpc) is 3.28. The zero-order chi connectivity index (χ0) is 23.1. The molecule has 8 nitrogen and oxygen atoms in total. The van der Waals surface area contributed by atoms with Gasteiger partial charge in [-0.15, -0.1) is 0 Å². The van der Waals surface area contributed by atoms with Crippen LogP contribution < -0.4 is 5.73 Å². The van der Waals surface area contributed by atoms with Gasteiger partial charge in [-0.2, -0.15) is 0 Å². The van der Waals surface area contributed by atoms with Crippen LogP contribution in [0.3, 0.4) is 0 Å². The van der Waals surface area contributed by atoms with E-state index < -0.39 is 4.92 Å². The first kappa shape index (κ1) is 20.5. The second kappa shape index (κ2) is 7.92. The minimum Gasteiger partial charge on any atom is -0.506 e. The van der Waals surface area contributed by atoms with Crippen LogP contribution in [0.4, 0.5) is 11.5 Å². The maximum Gasteiger partial charge on any atom is 0.270 e. The van der Waals surface area contributed by atoms with Crippen LogP contribution in [-0.4, -0.2) is 24.4 Å². The molecule has 2 heterocycles. The van der Waals surface area contributed by atoms with E-state index in [9.17, 15) is 15.2 Å². The second-order valence-electron chi connectivity index (χ2n) is 7.35. The predicted octanol–water partition coefficient (Wildman–Crippen LogP) is 5.58. The Bertz CT molecular complexity index is 1530. The number of nitro groups is 1. The smallest absolute Gasteiger partial charge is 0.270 e. The van der Waals surface area contributed by atoms with Crippen molar-refractivity contribution >= 4 is 28.8 Å². The van der Waals surface area contributed by atoms with Crippen LogP contribution in [0.25, 0.3) is 39.4 Å². The Morgan fingerprint density at radius 2 is 1.70 bits per heavy atom. The van der Waals surface area contributed by atoms with Crippen molar-refractivity contribution in [2.45, 2.75) is 0 Å². The summed E-state index contributed by atoms with van der Waals surface area (Å²) in [7, 11) is 0. The van der Waals surface area contributed by atoms with Gasteiger partial charge in [-0.05, 0) is 18.2 Å². The highest BCUT2D eigenvalue weighted by Crippen LogP contribution is 2.37. The van der Waals surface area contributed by atoms with Gasteiger partial charge in [0, 0.05) is 35.0 Å². The maximum atomic E-state index is 11.2. The van der Waals surface area contributed by atoms with Gasteiger partial charge in [0.1, 0.15) is 5.75 Å². The lowest BCUT2D eigenvalue weighted by Crippen LogP contribution is -2.03. The Hall–Kier alpha value is -4.43. The Morgan fingerprint density at radius 3 is 2.42 bits per heavy atom. The molecule has 0 saturated carbocycles. The molecular formula is C24H16ClN5O3. The number of non-ortho nitro benzene ring substituents is 1. The van der Waals surface area contributed by atoms with Crippen LogP contribution in [0.15, 0.2) is 79.0 Å². The van der Waals surface area contributed by atoms with Crippen LogP contribution in [0, 0.1) is 10.1 Å². The normalized spacial score (nSPS) is 11.1. The maximum absolute atomic E-state index is 11.2. The van der Waals surface area contributed by atoms with Crippen LogP contribution >= 0.6 is 11.6 Å². The Balaban J connectivity index is 1.82. The van der Waals surface area contributed by atoms with Gasteiger partial charge in [-0.1, -0.05) is 54.1 Å². The summed E-state index contributed by atoms with van der Waals surface area (Å²) in [5.41, 5.74) is 10.5. The second-order valence-corrected chi connectivity index (χ2v) is 7.76. The number of aromatic nitrogens is 3. The Morgan fingerprint density at radius 1 is 0.939 bits per heavy atom. The summed E-state index contributed by atoms with van der Waals surface area (Å²) in [5.74, 6) is 0.170. The lowest BCUT2D eigenvalue weighted by Gasteiger charge is -2.14. The third kappa shape index (κ3) is 3.62. The molecule has 0 atom stereocenters. The van der Waals surface area contributed by atoms with E-state index in [1.54, 1.807) is 34.9 Å². The number of aromatic hydroxyl groups is 1. The van der Waals surface area contributed by atoms with Crippen molar-refractivity contribution in [1.82, 2.24) is 14.4 Å². The van der Waals surface area contributed by atoms with E-state index in [-0.39, 0.29) is 22.3 Å². The fraction of sp³-hybridized carbons (Fsp3) is 0. The van der Waals surface area contributed by atoms with Gasteiger partial charge in [-0.25, -0.2) is 9.97 Å². The summed E-state index contributed by atoms with van der Waals surface area (Å²) < 4.78 is 1.79. The summed E-state index contributed by atoms with van der Waals surface area (Å²) in [4.78, 5) is 20.0. The van der Waals surface area contributed by atoms with Crippen molar-refractivity contribution in [3.63, 3.8) is 0 Å². The summed E-state index contributed by atoms with van der Waals surface area (Å²) in [5, 5.41) is 21.3. The number of anilines is 1. The lowest BCUT2D eigenvalue weighted by atomic mass is 10.0. The number of imidazole rings is 1. The molecule has 0 aliphatic rings. The number of phenolic OH excluding ortho intramolecular Hbond substituents is 1. The number of benzene rings is 3. The van der Waals surface area contributed by atoms with Crippen molar-refractivity contribution < 1.29 is 10.0 Å². The molecule has 2 aromatic heterocycles. The molecule has 0 radical (unpaired) electrons. The molecule has 0 bridgehead atoms. The number of nitrogens with two attached hydrogens (primary N) is 1. The van der Waals surface area contributed by atoms with Crippen molar-refractivity contribution in [3.8, 4) is 39.5 Å². The molecule has 0 aliphatic heterocycles. The molecule has 33 heavy (non-hydrogen) atoms. The zero-order valence-corrected chi connectivity index (χ0v) is 17.8. The molecule has 9 heteroatoms. The van der Waals surface area contributed by atoms with Gasteiger partial charge in [0.15, 0.2) is 11.5 Å². The molecule has 0 aliphatic carbocycles. The number of fused-ring (bicyclic) bond motifs is 1. The fourth-order valence-corrected chi connectivity index (χ4v) is 3.89. The zero-order valence-electron chi connectivity index (χ0n) is 17.0. The molecule has 5 rings (SSSR count). The SMILES string of the molecule is Nc1nc(-c2ccccc2)c(-c2ccc(O)c(Cl)c2)n2cc(-c3cccc([N+](=O)[O-])c3)nc12. The predicted molar refractivity (Wildman–Crippen MR) is 127 cm³/mol. The number of rotatable bonds is 4. The van der Waals surface area contributed by atoms with Crippen molar-refractivity contribution in [1.29, 1.82) is 0 Å². The number of hydrogen-bond acceptors (Lipinski definition) is 6. The number of nitrogens with zero attached hydrogens (tertiary/aromatic N) is 4. The van der Waals surface area contributed by atoms with Gasteiger partial charge >= 0.3 is 0 Å². The highest BCUT2D eigenvalue weighted by atomic mass is 35.5. The monoisotopic (exact) mass is 457 g/mol. The average molecular weight is 458 g/mol. The number of hydrogen-bond donors (Lipinski definition) is 2. The summed E-state index contributed by atoms with van der Waals surface area (Å²) in [6.07, 6.45) is 1.76. The van der Waals surface area contributed by atoms with E-state index in [1.165, 1.54) is 18.2 Å². The van der Waals surface area contributed by atoms with E-state index in [4.69, 9.17) is 17.3 Å². The van der Waals surface area contributed by atoms with Gasteiger partial charge in [0.25, 0.3) is 5.69 Å². The molecule has 3 aromatic carbocycles. The molecule has 0 unspecified atom stereocenters. The molecular weight excluding hydrogens is 442 g/mol. The summed E-state index contributed by atoms with van der Waals surface area (Å²) in [6.45, 7) is 0. The highest BCUT2D eigenvalue weighted by Gasteiger charge is 2.20. The quantitative estimate of drug-likeness (QED) is 0.268. The van der Waals surface area contributed by atoms with E-state index >= 15 is 0 Å². The molecule has 0 fully saturated rings. The molecule has 162 valence electrons. The first-order valence-corrected chi connectivity index (χ1v) is 10.3. The fourth-order valence-electron chi connectivity index (χ4n) is 3.71. The minimum atomic E-state index is -0.452. The van der Waals surface area contributed by atoms with Gasteiger partial charge in [-0.3, -0.25) is 14.5 Å². The largest absolute Gasteiger partial charge is 0.506 e. The van der Waals surface area contributed by atoms with Gasteiger partial charge in [0.05, 0.1) is 27.0 Å². The summed E-state index contributed by atoms with van der Waals surface area (Å²) in [6, 6.07) is 20.6. The third-order valence-corrected chi connectivity index (χ3v) is 5.56. The van der Waals surface area contributed by atoms with E-state index in [0.29, 0.717) is 33.9 Å². The Labute approximate surface area is 192 Å². The molecule has 0 spiro atoms. The van der Waals surface area contributed by atoms with Crippen molar-refractivity contribution in [2.24, 2.45) is 0 Å². The Kier molecular flexibility index (Phi) is 4.91. The van der Waals surface area contributed by atoms with Crippen LogP contribution in [0.5, 0.6) is 5.75 Å². The van der Waals surface area contributed by atoms with Crippen LogP contribution in [0.1, 0.15) is 0 Å². The number of nitrogen functional groups attached to an aromatic ring is 1. The number of nitro benzene ring substituents is 1. The van der Waals surface area contributed by atoms with E-state index in [1.807, 2.05) is 30.3 Å². The molecule has 0 amide bonds. The number of halogens is 1. The first-order chi connectivity index (χ1) is 15.9. The summed E-state index contributed by atoms with van der Waals surface area (Å²) >= 11 is 6.21. The van der Waals surface area contributed by atoms with Crippen LogP contribution in [-0.2, 0) is 0 Å². The van der Waals surface area contributed by atoms with E-state index in [0.717, 1.165) is 5.56 Å². The van der Waals surface area contributed by atoms with Crippen molar-refractivity contribution in [2.75, 3.05) is 5.73 Å². The van der Waals surface area contributed by atoms with Gasteiger partial charge in [0.2, 0.25) is 0 Å². The van der Waals surface area contributed by atoms with Gasteiger partial charge < -0.3 is 10.8 Å². The lowest BCUT2D eigenvalue weighted by molar-refractivity contribution is -0.384. The van der Waals surface area contributed by atoms with E-state index in [2.05, 4.69) is 9.97 Å². The van der Waals surface area contributed by atoms with Crippen molar-refractivity contribution in [3.05, 3.63) is 94.1 Å². The minimum absolute atomic E-state index is 0.0360. The topological polar surface area (TPSA) is 120 Å². The third-order valence-electron chi connectivity index (χ3n) is 5.25. The highest BCUT2D eigenvalue weighted by molar-refractivity contribution is 6.32. The molecule has 5 aromatic rings. The number of phenols is 1. The molecule has 3 N–H and O–H groups in total. The van der Waals surface area contributed by atoms with Crippen LogP contribution in [0.2, 0.25) is 5.02 Å².